The zero-order chi connectivity index (χ0) is 12.5. The minimum absolute atomic E-state index is 0.0650. The smallest absolute Gasteiger partial charge is 0.144 e. The molecule has 0 aromatic heterocycles. The SMILES string of the molecule is [2H]C1=CCC(C(C)=O)(c2ccc([2H])cc2)C=C1. The molecule has 1 aromatic rings. The normalized spacial score (nSPS) is 26.6. The van der Waals surface area contributed by atoms with E-state index in [2.05, 4.69) is 0 Å². The molecule has 0 aliphatic heterocycles. The summed E-state index contributed by atoms with van der Waals surface area (Å²) in [7, 11) is 0. The molecule has 0 radical (unpaired) electrons. The maximum absolute atomic E-state index is 11.9. The van der Waals surface area contributed by atoms with Gasteiger partial charge >= 0.3 is 0 Å². The molecule has 2 rings (SSSR count). The maximum Gasteiger partial charge on any atom is 0.144 e. The third-order valence-electron chi connectivity index (χ3n) is 2.87. The van der Waals surface area contributed by atoms with Crippen molar-refractivity contribution in [1.29, 1.82) is 0 Å². The van der Waals surface area contributed by atoms with Gasteiger partial charge in [-0.2, -0.15) is 0 Å². The molecule has 1 atom stereocenters. The van der Waals surface area contributed by atoms with Crippen LogP contribution in [0.2, 0.25) is 0 Å². The van der Waals surface area contributed by atoms with Gasteiger partial charge in [0.25, 0.3) is 0 Å². The number of rotatable bonds is 2. The molecule has 76 valence electrons. The van der Waals surface area contributed by atoms with E-state index in [1.807, 2.05) is 12.1 Å². The third kappa shape index (κ3) is 1.65. The summed E-state index contributed by atoms with van der Waals surface area (Å²) in [6.45, 7) is 1.57. The van der Waals surface area contributed by atoms with Gasteiger partial charge in [-0.25, -0.2) is 0 Å². The van der Waals surface area contributed by atoms with Gasteiger partial charge in [-0.1, -0.05) is 54.6 Å². The fourth-order valence-electron chi connectivity index (χ4n) is 1.91. The molecule has 0 heterocycles. The van der Waals surface area contributed by atoms with Gasteiger partial charge in [0.1, 0.15) is 5.78 Å². The largest absolute Gasteiger partial charge is 0.299 e. The molecule has 0 saturated heterocycles. The first-order valence-electron chi connectivity index (χ1n) is 5.99. The molecule has 1 nitrogen and oxygen atoms in total. The maximum atomic E-state index is 11.9. The Bertz CT molecular complexity index is 499. The Morgan fingerprint density at radius 2 is 2.20 bits per heavy atom. The van der Waals surface area contributed by atoms with E-state index in [9.17, 15) is 4.79 Å². The Balaban J connectivity index is 2.47. The summed E-state index contributed by atoms with van der Waals surface area (Å²) in [6.07, 6.45) is 5.75. The van der Waals surface area contributed by atoms with E-state index in [4.69, 9.17) is 2.74 Å². The molecular weight excluding hydrogens is 184 g/mol. The Hall–Kier alpha value is -1.63. The summed E-state index contributed by atoms with van der Waals surface area (Å²) in [4.78, 5) is 11.9. The van der Waals surface area contributed by atoms with Crippen molar-refractivity contribution >= 4 is 5.78 Å². The van der Waals surface area contributed by atoms with E-state index < -0.39 is 5.41 Å². The van der Waals surface area contributed by atoms with E-state index in [1.165, 1.54) is 0 Å². The van der Waals surface area contributed by atoms with Crippen LogP contribution >= 0.6 is 0 Å². The number of Topliss-reactive ketones (excluding diaryl/α,β-unsaturated/α-hetero) is 1. The molecule has 1 heteroatoms. The lowest BCUT2D eigenvalue weighted by Crippen LogP contribution is -2.32. The van der Waals surface area contributed by atoms with Crippen LogP contribution in [0.4, 0.5) is 0 Å². The van der Waals surface area contributed by atoms with Crippen LogP contribution in [-0.4, -0.2) is 5.78 Å². The van der Waals surface area contributed by atoms with Crippen LogP contribution in [0.15, 0.2) is 54.6 Å². The van der Waals surface area contributed by atoms with Crippen molar-refractivity contribution in [3.05, 3.63) is 60.2 Å². The Labute approximate surface area is 92.9 Å². The van der Waals surface area contributed by atoms with Crippen LogP contribution in [0.25, 0.3) is 0 Å². The lowest BCUT2D eigenvalue weighted by atomic mass is 9.73. The van der Waals surface area contributed by atoms with Crippen molar-refractivity contribution in [2.45, 2.75) is 18.8 Å². The molecule has 0 saturated carbocycles. The van der Waals surface area contributed by atoms with Gasteiger partial charge < -0.3 is 0 Å². The van der Waals surface area contributed by atoms with Gasteiger partial charge in [0.15, 0.2) is 0 Å². The number of hydrogen-bond acceptors (Lipinski definition) is 1. The molecule has 1 aliphatic carbocycles. The molecular formula is C14H14O. The Kier molecular flexibility index (Phi) is 1.96. The molecule has 0 fully saturated rings. The topological polar surface area (TPSA) is 17.1 Å². The van der Waals surface area contributed by atoms with E-state index >= 15 is 0 Å². The van der Waals surface area contributed by atoms with Crippen molar-refractivity contribution in [2.24, 2.45) is 0 Å². The van der Waals surface area contributed by atoms with Crippen molar-refractivity contribution in [3.63, 3.8) is 0 Å². The van der Waals surface area contributed by atoms with E-state index in [-0.39, 0.29) is 5.78 Å². The zero-order valence-electron chi connectivity index (χ0n) is 10.7. The van der Waals surface area contributed by atoms with E-state index in [1.54, 1.807) is 37.3 Å². The number of carbonyl (C=O) groups excluding carboxylic acids is 1. The molecule has 15 heavy (non-hydrogen) atoms. The molecule has 1 unspecified atom stereocenters. The van der Waals surface area contributed by atoms with Crippen molar-refractivity contribution in [3.8, 4) is 0 Å². The lowest BCUT2D eigenvalue weighted by molar-refractivity contribution is -0.120. The van der Waals surface area contributed by atoms with Crippen molar-refractivity contribution in [2.75, 3.05) is 0 Å². The van der Waals surface area contributed by atoms with E-state index in [0.717, 1.165) is 5.56 Å². The lowest BCUT2D eigenvalue weighted by Gasteiger charge is -2.28. The van der Waals surface area contributed by atoms with Gasteiger partial charge in [0.05, 0.1) is 8.16 Å². The fourth-order valence-corrected chi connectivity index (χ4v) is 1.91. The summed E-state index contributed by atoms with van der Waals surface area (Å²) in [5.74, 6) is 0.0650. The second-order valence-corrected chi connectivity index (χ2v) is 3.72. The van der Waals surface area contributed by atoms with Crippen LogP contribution < -0.4 is 0 Å². The van der Waals surface area contributed by atoms with Gasteiger partial charge in [0.2, 0.25) is 0 Å². The second kappa shape index (κ2) is 3.85. The average Bonchev–Trinajstić information content (AvgIpc) is 2.31. The first kappa shape index (κ1) is 7.63. The van der Waals surface area contributed by atoms with Gasteiger partial charge in [0, 0.05) is 0 Å². The number of ketones is 1. The fraction of sp³-hybridized carbons (Fsp3) is 0.214. The van der Waals surface area contributed by atoms with Crippen LogP contribution in [0.1, 0.15) is 21.6 Å². The molecule has 0 bridgehead atoms. The Morgan fingerprint density at radius 3 is 2.73 bits per heavy atom. The highest BCUT2D eigenvalue weighted by Crippen LogP contribution is 2.33. The highest BCUT2D eigenvalue weighted by Gasteiger charge is 2.33. The predicted molar refractivity (Wildman–Crippen MR) is 61.7 cm³/mol. The highest BCUT2D eigenvalue weighted by atomic mass is 16.1. The van der Waals surface area contributed by atoms with Crippen LogP contribution in [0.3, 0.4) is 0 Å². The standard InChI is InChI=1S/C14H14O/c1-12(15)14(10-6-3-7-11-14)13-8-4-2-5-9-13/h2-10H,11H2,1H3/i2D,3D. The third-order valence-corrected chi connectivity index (χ3v) is 2.87. The quantitative estimate of drug-likeness (QED) is 0.717. The van der Waals surface area contributed by atoms with Crippen LogP contribution in [-0.2, 0) is 10.2 Å². The van der Waals surface area contributed by atoms with Gasteiger partial charge in [-0.15, -0.1) is 0 Å². The zero-order valence-corrected chi connectivity index (χ0v) is 8.66. The number of carbonyl (C=O) groups is 1. The number of hydrogen-bond donors (Lipinski definition) is 0. The molecule has 0 spiro atoms. The molecule has 1 aliphatic rings. The molecule has 1 aromatic carbocycles. The average molecular weight is 200 g/mol. The van der Waals surface area contributed by atoms with Gasteiger partial charge in [-0.3, -0.25) is 4.79 Å². The minimum atomic E-state index is -0.655. The van der Waals surface area contributed by atoms with Gasteiger partial charge in [-0.05, 0) is 18.9 Å². The monoisotopic (exact) mass is 200 g/mol. The first-order chi connectivity index (χ1) is 8.04. The van der Waals surface area contributed by atoms with Crippen LogP contribution in [0, 0.1) is 0 Å². The summed E-state index contributed by atoms with van der Waals surface area (Å²) in [5.41, 5.74) is 0.235. The van der Waals surface area contributed by atoms with Crippen LogP contribution in [0.5, 0.6) is 0 Å². The Morgan fingerprint density at radius 1 is 1.47 bits per heavy atom. The molecule has 0 amide bonds. The highest BCUT2D eigenvalue weighted by molar-refractivity contribution is 5.91. The van der Waals surface area contributed by atoms with E-state index in [0.29, 0.717) is 18.5 Å². The summed E-state index contributed by atoms with van der Waals surface area (Å²) < 4.78 is 15.0. The second-order valence-electron chi connectivity index (χ2n) is 3.72. The van der Waals surface area contributed by atoms with Crippen molar-refractivity contribution < 1.29 is 7.54 Å². The summed E-state index contributed by atoms with van der Waals surface area (Å²) in [6, 6.07) is 7.89. The minimum Gasteiger partial charge on any atom is -0.299 e. The number of allylic oxidation sites excluding steroid dienone is 4. The van der Waals surface area contributed by atoms with Crippen molar-refractivity contribution in [1.82, 2.24) is 0 Å². The first-order valence-corrected chi connectivity index (χ1v) is 4.99. The number of benzene rings is 1. The summed E-state index contributed by atoms with van der Waals surface area (Å²) >= 11 is 0. The summed E-state index contributed by atoms with van der Waals surface area (Å²) in [5, 5.41) is 0. The molecule has 0 N–H and O–H groups in total. The predicted octanol–water partition coefficient (Wildman–Crippen LogP) is 3.03.